The van der Waals surface area contributed by atoms with Gasteiger partial charge in [-0.3, -0.25) is 4.79 Å². The van der Waals surface area contributed by atoms with Crippen LogP contribution in [0.3, 0.4) is 0 Å². The van der Waals surface area contributed by atoms with E-state index in [9.17, 15) is 4.79 Å². The van der Waals surface area contributed by atoms with Gasteiger partial charge in [-0.25, -0.2) is 0 Å². The number of amides is 1. The summed E-state index contributed by atoms with van der Waals surface area (Å²) >= 11 is 1.47. The van der Waals surface area contributed by atoms with E-state index >= 15 is 0 Å². The quantitative estimate of drug-likeness (QED) is 0.864. The summed E-state index contributed by atoms with van der Waals surface area (Å²) in [5.41, 5.74) is 1.23. The second-order valence-electron chi connectivity index (χ2n) is 6.17. The van der Waals surface area contributed by atoms with Crippen LogP contribution >= 0.6 is 11.3 Å². The molecule has 1 aromatic heterocycles. The molecule has 1 amide bonds. The molecule has 1 N–H and O–H groups in total. The summed E-state index contributed by atoms with van der Waals surface area (Å²) < 4.78 is 5.16. The number of nitrogens with one attached hydrogen (secondary N) is 1. The predicted octanol–water partition coefficient (Wildman–Crippen LogP) is 3.85. The zero-order valence-electron chi connectivity index (χ0n) is 14.0. The van der Waals surface area contributed by atoms with Crippen molar-refractivity contribution in [2.24, 2.45) is 5.92 Å². The SMILES string of the molecule is COc1ccc(CCc2nnc(NC(=O)C3CCCCC3)s2)cc1. The van der Waals surface area contributed by atoms with Crippen LogP contribution in [-0.2, 0) is 17.6 Å². The highest BCUT2D eigenvalue weighted by atomic mass is 32.1. The Morgan fingerprint density at radius 1 is 1.17 bits per heavy atom. The molecule has 1 heterocycles. The highest BCUT2D eigenvalue weighted by Crippen LogP contribution is 2.26. The summed E-state index contributed by atoms with van der Waals surface area (Å²) in [7, 11) is 1.67. The van der Waals surface area contributed by atoms with Gasteiger partial charge in [-0.05, 0) is 37.0 Å². The number of anilines is 1. The van der Waals surface area contributed by atoms with Crippen LogP contribution in [0.15, 0.2) is 24.3 Å². The third-order valence-electron chi connectivity index (χ3n) is 4.46. The van der Waals surface area contributed by atoms with E-state index in [2.05, 4.69) is 27.6 Å². The van der Waals surface area contributed by atoms with E-state index in [1.165, 1.54) is 23.3 Å². The van der Waals surface area contributed by atoms with Gasteiger partial charge in [0.25, 0.3) is 0 Å². The lowest BCUT2D eigenvalue weighted by atomic mass is 9.89. The Bertz CT molecular complexity index is 663. The maximum absolute atomic E-state index is 12.2. The van der Waals surface area contributed by atoms with Gasteiger partial charge < -0.3 is 10.1 Å². The minimum absolute atomic E-state index is 0.104. The molecule has 0 saturated heterocycles. The van der Waals surface area contributed by atoms with Gasteiger partial charge in [0.05, 0.1) is 7.11 Å². The van der Waals surface area contributed by atoms with Crippen LogP contribution in [0.5, 0.6) is 5.75 Å². The first-order chi connectivity index (χ1) is 11.7. The summed E-state index contributed by atoms with van der Waals surface area (Å²) in [6.07, 6.45) is 7.27. The first-order valence-electron chi connectivity index (χ1n) is 8.51. The Kier molecular flexibility index (Phi) is 5.80. The fraction of sp³-hybridized carbons (Fsp3) is 0.500. The maximum Gasteiger partial charge on any atom is 0.229 e. The standard InChI is InChI=1S/C18H23N3O2S/c1-23-15-10-7-13(8-11-15)9-12-16-20-21-18(24-16)19-17(22)14-5-3-2-4-6-14/h7-8,10-11,14H,2-6,9,12H2,1H3,(H,19,21,22). The van der Waals surface area contributed by atoms with Gasteiger partial charge in [-0.15, -0.1) is 10.2 Å². The van der Waals surface area contributed by atoms with Crippen LogP contribution in [0.25, 0.3) is 0 Å². The molecule has 5 nitrogen and oxygen atoms in total. The summed E-state index contributed by atoms with van der Waals surface area (Å²) in [4.78, 5) is 12.2. The summed E-state index contributed by atoms with van der Waals surface area (Å²) in [6.45, 7) is 0. The van der Waals surface area contributed by atoms with Crippen molar-refractivity contribution in [1.29, 1.82) is 0 Å². The fourth-order valence-corrected chi connectivity index (χ4v) is 3.76. The van der Waals surface area contributed by atoms with Crippen molar-refractivity contribution in [2.75, 3.05) is 12.4 Å². The second-order valence-corrected chi connectivity index (χ2v) is 7.24. The molecule has 3 rings (SSSR count). The highest BCUT2D eigenvalue weighted by molar-refractivity contribution is 7.15. The lowest BCUT2D eigenvalue weighted by Crippen LogP contribution is -2.24. The van der Waals surface area contributed by atoms with E-state index in [0.717, 1.165) is 49.3 Å². The van der Waals surface area contributed by atoms with E-state index in [1.54, 1.807) is 7.11 Å². The first-order valence-corrected chi connectivity index (χ1v) is 9.32. The number of aryl methyl sites for hydroxylation is 2. The number of hydrogen-bond acceptors (Lipinski definition) is 5. The average Bonchev–Trinajstić information content (AvgIpc) is 3.08. The van der Waals surface area contributed by atoms with Crippen molar-refractivity contribution >= 4 is 22.4 Å². The molecule has 24 heavy (non-hydrogen) atoms. The van der Waals surface area contributed by atoms with E-state index in [-0.39, 0.29) is 11.8 Å². The highest BCUT2D eigenvalue weighted by Gasteiger charge is 2.22. The molecule has 1 fully saturated rings. The normalized spacial score (nSPS) is 15.2. The monoisotopic (exact) mass is 345 g/mol. The fourth-order valence-electron chi connectivity index (χ4n) is 3.02. The minimum atomic E-state index is 0.104. The lowest BCUT2D eigenvalue weighted by molar-refractivity contribution is -0.120. The maximum atomic E-state index is 12.2. The minimum Gasteiger partial charge on any atom is -0.497 e. The molecular weight excluding hydrogens is 322 g/mol. The number of benzene rings is 1. The van der Waals surface area contributed by atoms with Crippen molar-refractivity contribution < 1.29 is 9.53 Å². The molecule has 0 aliphatic heterocycles. The number of methoxy groups -OCH3 is 1. The van der Waals surface area contributed by atoms with Gasteiger partial charge in [0.1, 0.15) is 10.8 Å². The molecule has 1 aliphatic rings. The van der Waals surface area contributed by atoms with Crippen LogP contribution in [0, 0.1) is 5.92 Å². The number of hydrogen-bond donors (Lipinski definition) is 1. The Morgan fingerprint density at radius 2 is 1.92 bits per heavy atom. The van der Waals surface area contributed by atoms with Gasteiger partial charge in [0, 0.05) is 12.3 Å². The molecule has 2 aromatic rings. The summed E-state index contributed by atoms with van der Waals surface area (Å²) in [5, 5.41) is 12.8. The summed E-state index contributed by atoms with van der Waals surface area (Å²) in [6, 6.07) is 8.05. The first kappa shape index (κ1) is 16.9. The zero-order chi connectivity index (χ0) is 16.8. The van der Waals surface area contributed by atoms with E-state index in [0.29, 0.717) is 5.13 Å². The van der Waals surface area contributed by atoms with Crippen LogP contribution in [-0.4, -0.2) is 23.2 Å². The molecule has 6 heteroatoms. The Balaban J connectivity index is 1.50. The third kappa shape index (κ3) is 4.54. The number of nitrogens with zero attached hydrogens (tertiary/aromatic N) is 2. The van der Waals surface area contributed by atoms with E-state index < -0.39 is 0 Å². The molecule has 128 valence electrons. The van der Waals surface area contributed by atoms with E-state index in [4.69, 9.17) is 4.74 Å². The average molecular weight is 345 g/mol. The molecule has 0 radical (unpaired) electrons. The molecule has 1 aromatic carbocycles. The number of carbonyl (C=O) groups is 1. The zero-order valence-corrected chi connectivity index (χ0v) is 14.8. The van der Waals surface area contributed by atoms with Gasteiger partial charge in [-0.1, -0.05) is 42.7 Å². The number of ether oxygens (including phenoxy) is 1. The molecule has 0 atom stereocenters. The van der Waals surface area contributed by atoms with Crippen molar-refractivity contribution in [3.05, 3.63) is 34.8 Å². The Hall–Kier alpha value is -1.95. The smallest absolute Gasteiger partial charge is 0.229 e. The van der Waals surface area contributed by atoms with Gasteiger partial charge in [0.15, 0.2) is 0 Å². The number of rotatable bonds is 6. The number of aromatic nitrogens is 2. The van der Waals surface area contributed by atoms with Crippen molar-refractivity contribution in [3.8, 4) is 5.75 Å². The van der Waals surface area contributed by atoms with Crippen molar-refractivity contribution in [2.45, 2.75) is 44.9 Å². The van der Waals surface area contributed by atoms with Crippen molar-refractivity contribution in [3.63, 3.8) is 0 Å². The molecule has 1 aliphatic carbocycles. The van der Waals surface area contributed by atoms with Crippen LogP contribution in [0.4, 0.5) is 5.13 Å². The van der Waals surface area contributed by atoms with E-state index in [1.807, 2.05) is 12.1 Å². The van der Waals surface area contributed by atoms with Gasteiger partial charge >= 0.3 is 0 Å². The molecule has 1 saturated carbocycles. The molecule has 0 unspecified atom stereocenters. The van der Waals surface area contributed by atoms with Crippen LogP contribution in [0.2, 0.25) is 0 Å². The number of carbonyl (C=O) groups excluding carboxylic acids is 1. The predicted molar refractivity (Wildman–Crippen MR) is 95.5 cm³/mol. The van der Waals surface area contributed by atoms with Crippen LogP contribution < -0.4 is 10.1 Å². The Labute approximate surface area is 146 Å². The largest absolute Gasteiger partial charge is 0.497 e. The Morgan fingerprint density at radius 3 is 2.62 bits per heavy atom. The molecule has 0 bridgehead atoms. The van der Waals surface area contributed by atoms with Gasteiger partial charge in [-0.2, -0.15) is 0 Å². The molecule has 0 spiro atoms. The van der Waals surface area contributed by atoms with Gasteiger partial charge in [0.2, 0.25) is 11.0 Å². The topological polar surface area (TPSA) is 64.1 Å². The molecular formula is C18H23N3O2S. The second kappa shape index (κ2) is 8.24. The third-order valence-corrected chi connectivity index (χ3v) is 5.36. The lowest BCUT2D eigenvalue weighted by Gasteiger charge is -2.19. The summed E-state index contributed by atoms with van der Waals surface area (Å²) in [5.74, 6) is 1.11. The van der Waals surface area contributed by atoms with Crippen molar-refractivity contribution in [1.82, 2.24) is 10.2 Å². The van der Waals surface area contributed by atoms with Crippen LogP contribution in [0.1, 0.15) is 42.7 Å².